The van der Waals surface area contributed by atoms with Gasteiger partial charge in [-0.15, -0.1) is 0 Å². The first-order valence-electron chi connectivity index (χ1n) is 10.3. The van der Waals surface area contributed by atoms with E-state index >= 15 is 0 Å². The van der Waals surface area contributed by atoms with Crippen LogP contribution >= 0.6 is 45.8 Å². The van der Waals surface area contributed by atoms with Crippen molar-refractivity contribution < 1.29 is 14.3 Å². The minimum absolute atomic E-state index is 0.0947. The van der Waals surface area contributed by atoms with Crippen molar-refractivity contribution in [1.82, 2.24) is 0 Å². The van der Waals surface area contributed by atoms with Crippen molar-refractivity contribution in [3.05, 3.63) is 90.5 Å². The Bertz CT molecular complexity index is 1270. The van der Waals surface area contributed by atoms with Crippen molar-refractivity contribution in [2.45, 2.75) is 20.5 Å². The first kappa shape index (κ1) is 25.9. The van der Waals surface area contributed by atoms with E-state index < -0.39 is 5.91 Å². The highest BCUT2D eigenvalue weighted by molar-refractivity contribution is 14.1. The van der Waals surface area contributed by atoms with Gasteiger partial charge in [-0.25, -0.2) is 0 Å². The summed E-state index contributed by atoms with van der Waals surface area (Å²) in [5, 5.41) is 13.1. The number of hydrogen-bond acceptors (Lipinski definition) is 4. The fourth-order valence-electron chi connectivity index (χ4n) is 2.99. The Hall–Kier alpha value is -2.73. The monoisotopic (exact) mass is 606 g/mol. The number of nitrogens with zero attached hydrogens (tertiary/aromatic N) is 1. The average molecular weight is 607 g/mol. The standard InChI is InChI=1S/C26H21Cl2IN2O3/c1-3-33-24-12-18(11-23(28)25(24)34-15-17-5-7-20(29)8-6-17)10-19(14-30)26(32)31-21-9-4-16(2)22(27)13-21/h4-13H,3,15H2,1-2H3,(H,31,32)/b19-10-. The molecule has 3 rings (SSSR count). The van der Waals surface area contributed by atoms with E-state index in [0.29, 0.717) is 46.0 Å². The van der Waals surface area contributed by atoms with E-state index in [9.17, 15) is 10.1 Å². The zero-order valence-corrected chi connectivity index (χ0v) is 22.2. The molecule has 0 atom stereocenters. The van der Waals surface area contributed by atoms with E-state index in [2.05, 4.69) is 27.9 Å². The second kappa shape index (κ2) is 12.1. The lowest BCUT2D eigenvalue weighted by Crippen LogP contribution is -2.13. The van der Waals surface area contributed by atoms with Gasteiger partial charge in [-0.1, -0.05) is 41.4 Å². The van der Waals surface area contributed by atoms with Crippen LogP contribution in [0.25, 0.3) is 6.08 Å². The second-order valence-electron chi connectivity index (χ2n) is 7.27. The van der Waals surface area contributed by atoms with Crippen LogP contribution in [0.15, 0.2) is 60.2 Å². The van der Waals surface area contributed by atoms with Gasteiger partial charge in [-0.05, 0) is 95.6 Å². The number of rotatable bonds is 8. The number of carbonyl (C=O) groups excluding carboxylic acids is 1. The minimum atomic E-state index is -0.560. The molecule has 1 N–H and O–H groups in total. The van der Waals surface area contributed by atoms with Gasteiger partial charge < -0.3 is 14.8 Å². The smallest absolute Gasteiger partial charge is 0.266 e. The molecule has 5 nitrogen and oxygen atoms in total. The Morgan fingerprint density at radius 2 is 1.82 bits per heavy atom. The van der Waals surface area contributed by atoms with Crippen molar-refractivity contribution in [2.75, 3.05) is 11.9 Å². The Kier molecular flexibility index (Phi) is 9.22. The molecule has 0 saturated heterocycles. The number of hydrogen-bond donors (Lipinski definition) is 1. The first-order chi connectivity index (χ1) is 16.3. The molecule has 3 aromatic rings. The molecule has 1 amide bonds. The zero-order chi connectivity index (χ0) is 24.7. The molecule has 174 valence electrons. The highest BCUT2D eigenvalue weighted by atomic mass is 127. The van der Waals surface area contributed by atoms with Crippen LogP contribution in [-0.4, -0.2) is 12.5 Å². The van der Waals surface area contributed by atoms with Crippen LogP contribution in [0.1, 0.15) is 23.6 Å². The molecule has 0 aliphatic rings. The molecule has 0 heterocycles. The number of amides is 1. The van der Waals surface area contributed by atoms with E-state index in [4.69, 9.17) is 32.7 Å². The van der Waals surface area contributed by atoms with Crippen LogP contribution in [0.3, 0.4) is 0 Å². The maximum atomic E-state index is 12.7. The van der Waals surface area contributed by atoms with Gasteiger partial charge in [-0.2, -0.15) is 5.26 Å². The van der Waals surface area contributed by atoms with Crippen LogP contribution in [0.5, 0.6) is 11.5 Å². The average Bonchev–Trinajstić information content (AvgIpc) is 2.80. The Morgan fingerprint density at radius 3 is 2.47 bits per heavy atom. The summed E-state index contributed by atoms with van der Waals surface area (Å²) >= 11 is 14.9. The lowest BCUT2D eigenvalue weighted by atomic mass is 10.1. The third-order valence-corrected chi connectivity index (χ3v) is 6.14. The van der Waals surface area contributed by atoms with Crippen molar-refractivity contribution in [3.63, 3.8) is 0 Å². The molecule has 0 aliphatic carbocycles. The van der Waals surface area contributed by atoms with Gasteiger partial charge in [0.05, 0.1) is 11.6 Å². The number of ether oxygens (including phenoxy) is 2. The van der Waals surface area contributed by atoms with Crippen molar-refractivity contribution in [2.24, 2.45) is 0 Å². The van der Waals surface area contributed by atoms with E-state index in [1.165, 1.54) is 6.08 Å². The largest absolute Gasteiger partial charge is 0.490 e. The third kappa shape index (κ3) is 6.89. The Balaban J connectivity index is 1.84. The summed E-state index contributed by atoms with van der Waals surface area (Å²) in [5.41, 5.74) is 2.81. The lowest BCUT2D eigenvalue weighted by molar-refractivity contribution is -0.112. The molecule has 34 heavy (non-hydrogen) atoms. The summed E-state index contributed by atoms with van der Waals surface area (Å²) in [4.78, 5) is 12.7. The number of benzene rings is 3. The molecule has 0 fully saturated rings. The van der Waals surface area contributed by atoms with Gasteiger partial charge in [0.2, 0.25) is 0 Å². The van der Waals surface area contributed by atoms with Gasteiger partial charge in [0.15, 0.2) is 11.5 Å². The fraction of sp³-hybridized carbons (Fsp3) is 0.154. The molecular weight excluding hydrogens is 586 g/mol. The highest BCUT2D eigenvalue weighted by Gasteiger charge is 2.15. The van der Waals surface area contributed by atoms with Gasteiger partial charge in [-0.3, -0.25) is 4.79 Å². The predicted molar refractivity (Wildman–Crippen MR) is 145 cm³/mol. The lowest BCUT2D eigenvalue weighted by Gasteiger charge is -2.15. The molecule has 8 heteroatoms. The van der Waals surface area contributed by atoms with Crippen LogP contribution in [-0.2, 0) is 11.4 Å². The second-order valence-corrected chi connectivity index (χ2v) is 9.33. The number of nitriles is 1. The fourth-order valence-corrected chi connectivity index (χ4v) is 3.81. The van der Waals surface area contributed by atoms with Crippen LogP contribution in [0, 0.1) is 21.8 Å². The third-order valence-electron chi connectivity index (χ3n) is 4.73. The molecule has 0 spiro atoms. The summed E-state index contributed by atoms with van der Waals surface area (Å²) in [6.07, 6.45) is 1.45. The maximum Gasteiger partial charge on any atom is 0.266 e. The summed E-state index contributed by atoms with van der Waals surface area (Å²) in [6.45, 7) is 4.42. The molecule has 0 saturated carbocycles. The number of nitrogens with one attached hydrogen (secondary N) is 1. The number of halogens is 3. The molecule has 0 aromatic heterocycles. The van der Waals surface area contributed by atoms with E-state index in [-0.39, 0.29) is 5.57 Å². The number of aryl methyl sites for hydroxylation is 1. The minimum Gasteiger partial charge on any atom is -0.490 e. The summed E-state index contributed by atoms with van der Waals surface area (Å²) in [6, 6.07) is 18.3. The topological polar surface area (TPSA) is 71.3 Å². The summed E-state index contributed by atoms with van der Waals surface area (Å²) < 4.78 is 12.8. The van der Waals surface area contributed by atoms with Crippen LogP contribution in [0.2, 0.25) is 10.0 Å². The summed E-state index contributed by atoms with van der Waals surface area (Å²) in [7, 11) is 0. The van der Waals surface area contributed by atoms with Crippen molar-refractivity contribution in [1.29, 1.82) is 5.26 Å². The maximum absolute atomic E-state index is 12.7. The van der Waals surface area contributed by atoms with E-state index in [0.717, 1.165) is 14.7 Å². The molecule has 0 bridgehead atoms. The predicted octanol–water partition coefficient (Wildman–Crippen LogP) is 7.43. The molecule has 0 aliphatic heterocycles. The molecule has 0 unspecified atom stereocenters. The zero-order valence-electron chi connectivity index (χ0n) is 18.5. The van der Waals surface area contributed by atoms with Gasteiger partial charge in [0, 0.05) is 14.3 Å². The van der Waals surface area contributed by atoms with E-state index in [1.807, 2.05) is 44.2 Å². The molecular formula is C26H21Cl2IN2O3. The van der Waals surface area contributed by atoms with Crippen LogP contribution in [0.4, 0.5) is 5.69 Å². The van der Waals surface area contributed by atoms with Crippen molar-refractivity contribution in [3.8, 4) is 17.6 Å². The number of carbonyl (C=O) groups is 1. The molecule has 3 aromatic carbocycles. The normalized spacial score (nSPS) is 11.0. The van der Waals surface area contributed by atoms with Crippen molar-refractivity contribution >= 4 is 63.5 Å². The van der Waals surface area contributed by atoms with Gasteiger partial charge >= 0.3 is 0 Å². The quantitative estimate of drug-likeness (QED) is 0.164. The highest BCUT2D eigenvalue weighted by Crippen LogP contribution is 2.38. The van der Waals surface area contributed by atoms with Crippen LogP contribution < -0.4 is 14.8 Å². The number of anilines is 1. The SMILES string of the molecule is CCOc1cc(/C=C(/C#N)C(=O)Nc2ccc(C)c(Cl)c2)cc(Cl)c1OCc1ccc(I)cc1. The Labute approximate surface area is 222 Å². The Morgan fingerprint density at radius 1 is 1.09 bits per heavy atom. The van der Waals surface area contributed by atoms with Gasteiger partial charge in [0.1, 0.15) is 18.2 Å². The first-order valence-corrected chi connectivity index (χ1v) is 12.2. The van der Waals surface area contributed by atoms with E-state index in [1.54, 1.807) is 30.3 Å². The van der Waals surface area contributed by atoms with Gasteiger partial charge in [0.25, 0.3) is 5.91 Å². The summed E-state index contributed by atoms with van der Waals surface area (Å²) in [5.74, 6) is 0.266. The molecule has 0 radical (unpaired) electrons.